The minimum absolute atomic E-state index is 0.0646. The molecule has 2 aromatic heterocycles. The number of benzene rings is 1. The van der Waals surface area contributed by atoms with E-state index in [1.54, 1.807) is 6.21 Å². The fraction of sp³-hybridized carbons (Fsp3) is 0.100. The first-order valence-corrected chi connectivity index (χ1v) is 6.88. The molecule has 0 atom stereocenters. The molecule has 0 aliphatic rings. The van der Waals surface area contributed by atoms with Gasteiger partial charge in [0.25, 0.3) is 0 Å². The molecule has 0 aliphatic heterocycles. The molecule has 0 radical (unpaired) electrons. The molecular formula is C10H9N7OSe. The number of anilines is 2. The summed E-state index contributed by atoms with van der Waals surface area (Å²) in [4.78, 5) is 0. The molecule has 0 bridgehead atoms. The van der Waals surface area contributed by atoms with Gasteiger partial charge in [0.2, 0.25) is 0 Å². The Balaban J connectivity index is 1.87. The van der Waals surface area contributed by atoms with E-state index in [9.17, 15) is 0 Å². The van der Waals surface area contributed by atoms with Crippen molar-refractivity contribution in [3.63, 3.8) is 0 Å². The normalized spacial score (nSPS) is 11.4. The zero-order valence-electron chi connectivity index (χ0n) is 9.86. The van der Waals surface area contributed by atoms with Crippen molar-refractivity contribution in [2.45, 2.75) is 6.92 Å². The fourth-order valence-electron chi connectivity index (χ4n) is 1.55. The predicted octanol–water partition coefficient (Wildman–Crippen LogP) is 0.406. The second-order valence-electron chi connectivity index (χ2n) is 3.80. The van der Waals surface area contributed by atoms with E-state index in [-0.39, 0.29) is 26.6 Å². The number of nitrogen functional groups attached to an aromatic ring is 1. The number of nitrogens with one attached hydrogen (secondary N) is 1. The maximum absolute atomic E-state index is 5.50. The van der Waals surface area contributed by atoms with E-state index in [2.05, 4.69) is 33.4 Å². The summed E-state index contributed by atoms with van der Waals surface area (Å²) in [7, 11) is 0. The van der Waals surface area contributed by atoms with Gasteiger partial charge < -0.3 is 0 Å². The van der Waals surface area contributed by atoms with Crippen molar-refractivity contribution in [2.24, 2.45) is 5.10 Å². The van der Waals surface area contributed by atoms with E-state index in [0.29, 0.717) is 0 Å². The zero-order chi connectivity index (χ0) is 13.2. The average molecular weight is 322 g/mol. The van der Waals surface area contributed by atoms with Crippen molar-refractivity contribution < 1.29 is 4.63 Å². The molecule has 0 aliphatic carbocycles. The van der Waals surface area contributed by atoms with Crippen molar-refractivity contribution >= 4 is 43.8 Å². The quantitative estimate of drug-likeness (QED) is 0.407. The van der Waals surface area contributed by atoms with Gasteiger partial charge in [-0.1, -0.05) is 0 Å². The van der Waals surface area contributed by atoms with Crippen molar-refractivity contribution in [3.05, 3.63) is 23.3 Å². The number of aromatic nitrogens is 4. The number of nitrogens with two attached hydrogens (primary N) is 1. The Morgan fingerprint density at radius 3 is 2.95 bits per heavy atom. The Morgan fingerprint density at radius 1 is 1.32 bits per heavy atom. The molecule has 96 valence electrons. The summed E-state index contributed by atoms with van der Waals surface area (Å²) in [6.07, 6.45) is 1.65. The number of hydrogen-bond donors (Lipinski definition) is 2. The summed E-state index contributed by atoms with van der Waals surface area (Å²) in [6, 6.07) is 3.94. The molecule has 0 spiro atoms. The number of fused-ring (bicyclic) bond motifs is 1. The molecule has 0 fully saturated rings. The van der Waals surface area contributed by atoms with Crippen molar-refractivity contribution in [2.75, 3.05) is 11.2 Å². The Morgan fingerprint density at radius 2 is 2.16 bits per heavy atom. The number of hydrogen-bond acceptors (Lipinski definition) is 8. The van der Waals surface area contributed by atoms with Crippen LogP contribution in [0.3, 0.4) is 0 Å². The first-order chi connectivity index (χ1) is 9.25. The monoisotopic (exact) mass is 323 g/mol. The molecule has 0 saturated carbocycles. The maximum atomic E-state index is 5.50. The first kappa shape index (κ1) is 11.8. The molecule has 3 rings (SSSR count). The molecular weight excluding hydrogens is 313 g/mol. The van der Waals surface area contributed by atoms with Crippen LogP contribution >= 0.6 is 0 Å². The van der Waals surface area contributed by atoms with Gasteiger partial charge in [0.05, 0.1) is 0 Å². The van der Waals surface area contributed by atoms with Crippen molar-refractivity contribution in [1.82, 2.24) is 18.3 Å². The van der Waals surface area contributed by atoms with Crippen molar-refractivity contribution in [1.29, 1.82) is 0 Å². The van der Waals surface area contributed by atoms with Crippen LogP contribution in [0.25, 0.3) is 11.0 Å². The summed E-state index contributed by atoms with van der Waals surface area (Å²) in [6.45, 7) is 2.01. The molecule has 19 heavy (non-hydrogen) atoms. The Kier molecular flexibility index (Phi) is 2.98. The van der Waals surface area contributed by atoms with Gasteiger partial charge in [-0.3, -0.25) is 0 Å². The third-order valence-corrected chi connectivity index (χ3v) is 3.65. The van der Waals surface area contributed by atoms with E-state index < -0.39 is 0 Å². The summed E-state index contributed by atoms with van der Waals surface area (Å²) in [5.41, 5.74) is 12.0. The van der Waals surface area contributed by atoms with Gasteiger partial charge in [0, 0.05) is 0 Å². The summed E-state index contributed by atoms with van der Waals surface area (Å²) in [5.74, 6) is 0.445. The van der Waals surface area contributed by atoms with Gasteiger partial charge in [0.1, 0.15) is 0 Å². The zero-order valence-corrected chi connectivity index (χ0v) is 11.6. The Labute approximate surface area is 113 Å². The molecule has 0 amide bonds. The van der Waals surface area contributed by atoms with Gasteiger partial charge in [-0.05, 0) is 0 Å². The van der Waals surface area contributed by atoms with Crippen LogP contribution < -0.4 is 11.2 Å². The van der Waals surface area contributed by atoms with Gasteiger partial charge in [-0.25, -0.2) is 0 Å². The van der Waals surface area contributed by atoms with Crippen LogP contribution in [-0.4, -0.2) is 39.4 Å². The SMILES string of the molecule is Cc1ccc(/C=N\Nc2nonc2N)c2n[se]nc12. The summed E-state index contributed by atoms with van der Waals surface area (Å²) in [5, 5.41) is 11.0. The van der Waals surface area contributed by atoms with E-state index in [0.717, 1.165) is 22.2 Å². The van der Waals surface area contributed by atoms with Gasteiger partial charge in [0.15, 0.2) is 0 Å². The number of aryl methyl sites for hydroxylation is 1. The fourth-order valence-corrected chi connectivity index (χ4v) is 2.86. The van der Waals surface area contributed by atoms with Crippen LogP contribution in [0, 0.1) is 6.92 Å². The van der Waals surface area contributed by atoms with Crippen LogP contribution in [-0.2, 0) is 0 Å². The summed E-state index contributed by atoms with van der Waals surface area (Å²) >= 11 is -0.0646. The van der Waals surface area contributed by atoms with Crippen LogP contribution in [0.15, 0.2) is 21.9 Å². The first-order valence-electron chi connectivity index (χ1n) is 5.34. The molecule has 3 N–H and O–H groups in total. The predicted molar refractivity (Wildman–Crippen MR) is 71.1 cm³/mol. The Bertz CT molecular complexity index is 747. The molecule has 0 saturated heterocycles. The van der Waals surface area contributed by atoms with Gasteiger partial charge in [-0.2, -0.15) is 0 Å². The third-order valence-electron chi connectivity index (χ3n) is 2.54. The molecule has 1 aromatic carbocycles. The Hall–Kier alpha value is -2.25. The molecule has 2 heterocycles. The second-order valence-corrected chi connectivity index (χ2v) is 4.91. The minimum atomic E-state index is -0.0646. The van der Waals surface area contributed by atoms with Crippen LogP contribution in [0.2, 0.25) is 0 Å². The molecule has 8 nitrogen and oxygen atoms in total. The van der Waals surface area contributed by atoms with Crippen LogP contribution in [0.1, 0.15) is 11.1 Å². The topological polar surface area (TPSA) is 115 Å². The third kappa shape index (κ3) is 2.20. The van der Waals surface area contributed by atoms with E-state index in [4.69, 9.17) is 5.73 Å². The van der Waals surface area contributed by atoms with E-state index in [1.165, 1.54) is 0 Å². The van der Waals surface area contributed by atoms with Crippen LogP contribution in [0.5, 0.6) is 0 Å². The standard InChI is InChI=1S/C10H9N7OSe/c1-5-2-3-6(8-7(5)16-19-17-8)4-12-13-10-9(11)14-18-15-10/h2-4H,1H3,(H2,11,14)(H,13,15)/b12-4-. The molecule has 9 heteroatoms. The van der Waals surface area contributed by atoms with Crippen molar-refractivity contribution in [3.8, 4) is 0 Å². The molecule has 3 aromatic rings. The number of nitrogens with zero attached hydrogens (tertiary/aromatic N) is 5. The van der Waals surface area contributed by atoms with Gasteiger partial charge >= 0.3 is 113 Å². The number of rotatable bonds is 3. The molecule has 0 unspecified atom stereocenters. The van der Waals surface area contributed by atoms with Crippen LogP contribution in [0.4, 0.5) is 11.6 Å². The van der Waals surface area contributed by atoms with E-state index in [1.807, 2.05) is 19.1 Å². The second kappa shape index (κ2) is 4.79. The summed E-state index contributed by atoms with van der Waals surface area (Å²) < 4.78 is 13.2. The average Bonchev–Trinajstić information content (AvgIpc) is 3.02. The van der Waals surface area contributed by atoms with Gasteiger partial charge in [-0.15, -0.1) is 0 Å². The number of hydrazone groups is 1. The van der Waals surface area contributed by atoms with E-state index >= 15 is 0 Å².